The summed E-state index contributed by atoms with van der Waals surface area (Å²) in [6.07, 6.45) is 1.38. The van der Waals surface area contributed by atoms with Crippen LogP contribution in [0.4, 0.5) is 4.39 Å². The summed E-state index contributed by atoms with van der Waals surface area (Å²) in [6, 6.07) is 10.3. The molecule has 0 spiro atoms. The first-order valence-corrected chi connectivity index (χ1v) is 5.96. The SMILES string of the molecule is Cc1ccc(CC(C(=O)O)c2ccc(F)cn2)cc1. The average Bonchev–Trinajstić information content (AvgIpc) is 2.39. The smallest absolute Gasteiger partial charge is 0.312 e. The molecule has 19 heavy (non-hydrogen) atoms. The number of carbonyl (C=O) groups is 1. The van der Waals surface area contributed by atoms with E-state index in [1.807, 2.05) is 31.2 Å². The van der Waals surface area contributed by atoms with Crippen LogP contribution in [0, 0.1) is 12.7 Å². The van der Waals surface area contributed by atoms with Crippen molar-refractivity contribution in [3.05, 3.63) is 65.2 Å². The van der Waals surface area contributed by atoms with Crippen molar-refractivity contribution in [2.45, 2.75) is 19.3 Å². The van der Waals surface area contributed by atoms with Crippen LogP contribution in [0.3, 0.4) is 0 Å². The minimum atomic E-state index is -0.959. The topological polar surface area (TPSA) is 50.2 Å². The number of benzene rings is 1. The lowest BCUT2D eigenvalue weighted by molar-refractivity contribution is -0.138. The number of hydrogen-bond acceptors (Lipinski definition) is 2. The van der Waals surface area contributed by atoms with Crippen molar-refractivity contribution in [2.24, 2.45) is 0 Å². The van der Waals surface area contributed by atoms with Crippen LogP contribution < -0.4 is 0 Å². The van der Waals surface area contributed by atoms with Gasteiger partial charge in [0.1, 0.15) is 11.7 Å². The lowest BCUT2D eigenvalue weighted by atomic mass is 9.95. The maximum absolute atomic E-state index is 12.8. The molecule has 0 aliphatic carbocycles. The van der Waals surface area contributed by atoms with Gasteiger partial charge in [-0.1, -0.05) is 29.8 Å². The number of carboxylic acids is 1. The predicted octanol–water partition coefficient (Wildman–Crippen LogP) is 2.94. The number of carboxylic acid groups (broad SMARTS) is 1. The molecule has 1 N–H and O–H groups in total. The second-order valence-electron chi connectivity index (χ2n) is 4.48. The number of nitrogens with zero attached hydrogens (tertiary/aromatic N) is 1. The van der Waals surface area contributed by atoms with Gasteiger partial charge in [-0.3, -0.25) is 9.78 Å². The van der Waals surface area contributed by atoms with Crippen LogP contribution in [-0.2, 0) is 11.2 Å². The first-order chi connectivity index (χ1) is 9.06. The van der Waals surface area contributed by atoms with Crippen molar-refractivity contribution >= 4 is 5.97 Å². The highest BCUT2D eigenvalue weighted by Gasteiger charge is 2.21. The number of halogens is 1. The molecular weight excluding hydrogens is 245 g/mol. The van der Waals surface area contributed by atoms with Crippen molar-refractivity contribution in [3.8, 4) is 0 Å². The van der Waals surface area contributed by atoms with E-state index >= 15 is 0 Å². The summed E-state index contributed by atoms with van der Waals surface area (Å²) in [6.45, 7) is 1.97. The first kappa shape index (κ1) is 13.2. The monoisotopic (exact) mass is 259 g/mol. The highest BCUT2D eigenvalue weighted by Crippen LogP contribution is 2.20. The molecule has 1 heterocycles. The van der Waals surface area contributed by atoms with Crippen molar-refractivity contribution in [1.82, 2.24) is 4.98 Å². The summed E-state index contributed by atoms with van der Waals surface area (Å²) in [5.74, 6) is -2.19. The molecule has 1 atom stereocenters. The molecule has 0 saturated heterocycles. The maximum Gasteiger partial charge on any atom is 0.312 e. The Morgan fingerprint density at radius 2 is 1.95 bits per heavy atom. The zero-order valence-corrected chi connectivity index (χ0v) is 10.5. The van der Waals surface area contributed by atoms with Gasteiger partial charge in [-0.25, -0.2) is 4.39 Å². The van der Waals surface area contributed by atoms with Gasteiger partial charge in [-0.15, -0.1) is 0 Å². The van der Waals surface area contributed by atoms with E-state index in [9.17, 15) is 14.3 Å². The Balaban J connectivity index is 2.23. The molecule has 0 fully saturated rings. The molecule has 98 valence electrons. The number of pyridine rings is 1. The summed E-state index contributed by atoms with van der Waals surface area (Å²) in [4.78, 5) is 15.2. The molecule has 0 aliphatic heterocycles. The summed E-state index contributed by atoms with van der Waals surface area (Å²) in [7, 11) is 0. The Labute approximate surface area is 110 Å². The molecule has 1 aromatic carbocycles. The van der Waals surface area contributed by atoms with Crippen molar-refractivity contribution in [3.63, 3.8) is 0 Å². The largest absolute Gasteiger partial charge is 0.481 e. The molecule has 0 bridgehead atoms. The van der Waals surface area contributed by atoms with E-state index in [2.05, 4.69) is 4.98 Å². The number of hydrogen-bond donors (Lipinski definition) is 1. The van der Waals surface area contributed by atoms with E-state index in [0.29, 0.717) is 12.1 Å². The van der Waals surface area contributed by atoms with Gasteiger partial charge in [0.15, 0.2) is 0 Å². The normalized spacial score (nSPS) is 12.1. The fraction of sp³-hybridized carbons (Fsp3) is 0.200. The number of aliphatic carboxylic acids is 1. The van der Waals surface area contributed by atoms with Gasteiger partial charge in [0.2, 0.25) is 0 Å². The average molecular weight is 259 g/mol. The number of rotatable bonds is 4. The van der Waals surface area contributed by atoms with Gasteiger partial charge in [0.05, 0.1) is 11.9 Å². The molecule has 0 amide bonds. The van der Waals surface area contributed by atoms with Gasteiger partial charge in [-0.2, -0.15) is 0 Å². The summed E-state index contributed by atoms with van der Waals surface area (Å²) in [5.41, 5.74) is 2.41. The standard InChI is InChI=1S/C15H14FNO2/c1-10-2-4-11(5-3-10)8-13(15(18)19)14-7-6-12(16)9-17-14/h2-7,9,13H,8H2,1H3,(H,18,19). The van der Waals surface area contributed by atoms with E-state index in [4.69, 9.17) is 0 Å². The van der Waals surface area contributed by atoms with Crippen LogP contribution in [-0.4, -0.2) is 16.1 Å². The molecule has 1 aromatic heterocycles. The van der Waals surface area contributed by atoms with Crippen molar-refractivity contribution in [1.29, 1.82) is 0 Å². The molecular formula is C15H14FNO2. The van der Waals surface area contributed by atoms with Gasteiger partial charge >= 0.3 is 5.97 Å². The van der Waals surface area contributed by atoms with E-state index in [0.717, 1.165) is 17.3 Å². The zero-order valence-electron chi connectivity index (χ0n) is 10.5. The molecule has 0 aliphatic rings. The van der Waals surface area contributed by atoms with Crippen molar-refractivity contribution < 1.29 is 14.3 Å². The number of aromatic nitrogens is 1. The second-order valence-corrected chi connectivity index (χ2v) is 4.48. The fourth-order valence-electron chi connectivity index (χ4n) is 1.87. The van der Waals surface area contributed by atoms with E-state index < -0.39 is 17.7 Å². The fourth-order valence-corrected chi connectivity index (χ4v) is 1.87. The highest BCUT2D eigenvalue weighted by molar-refractivity contribution is 5.75. The molecule has 0 radical (unpaired) electrons. The minimum absolute atomic E-state index is 0.342. The highest BCUT2D eigenvalue weighted by atomic mass is 19.1. The zero-order chi connectivity index (χ0) is 13.8. The van der Waals surface area contributed by atoms with Crippen LogP contribution >= 0.6 is 0 Å². The quantitative estimate of drug-likeness (QED) is 0.918. The third-order valence-corrected chi connectivity index (χ3v) is 2.97. The molecule has 2 rings (SSSR count). The Kier molecular flexibility index (Phi) is 3.90. The van der Waals surface area contributed by atoms with Gasteiger partial charge in [0, 0.05) is 0 Å². The Bertz CT molecular complexity index is 564. The molecule has 4 heteroatoms. The maximum atomic E-state index is 12.8. The van der Waals surface area contributed by atoms with Crippen LogP contribution in [0.1, 0.15) is 22.7 Å². The Hall–Kier alpha value is -2.23. The summed E-state index contributed by atoms with van der Waals surface area (Å²) in [5, 5.41) is 9.28. The van der Waals surface area contributed by atoms with Gasteiger partial charge in [0.25, 0.3) is 0 Å². The predicted molar refractivity (Wildman–Crippen MR) is 69.5 cm³/mol. The van der Waals surface area contributed by atoms with Crippen LogP contribution in [0.15, 0.2) is 42.6 Å². The molecule has 0 saturated carbocycles. The van der Waals surface area contributed by atoms with Crippen molar-refractivity contribution in [2.75, 3.05) is 0 Å². The first-order valence-electron chi connectivity index (χ1n) is 5.96. The molecule has 2 aromatic rings. The third kappa shape index (κ3) is 3.37. The second kappa shape index (κ2) is 5.61. The van der Waals surface area contributed by atoms with Gasteiger partial charge in [-0.05, 0) is 31.0 Å². The van der Waals surface area contributed by atoms with Crippen LogP contribution in [0.25, 0.3) is 0 Å². The van der Waals surface area contributed by atoms with Gasteiger partial charge < -0.3 is 5.11 Å². The number of aryl methyl sites for hydroxylation is 1. The molecule has 3 nitrogen and oxygen atoms in total. The van der Waals surface area contributed by atoms with E-state index in [-0.39, 0.29) is 0 Å². The lowest BCUT2D eigenvalue weighted by Crippen LogP contribution is -2.15. The summed E-state index contributed by atoms with van der Waals surface area (Å²) < 4.78 is 12.8. The van der Waals surface area contributed by atoms with E-state index in [1.165, 1.54) is 12.1 Å². The molecule has 1 unspecified atom stereocenters. The Morgan fingerprint density at radius 1 is 1.26 bits per heavy atom. The summed E-state index contributed by atoms with van der Waals surface area (Å²) >= 11 is 0. The Morgan fingerprint density at radius 3 is 2.47 bits per heavy atom. The third-order valence-electron chi connectivity index (χ3n) is 2.97. The minimum Gasteiger partial charge on any atom is -0.481 e. The lowest BCUT2D eigenvalue weighted by Gasteiger charge is -2.12. The van der Waals surface area contributed by atoms with Crippen LogP contribution in [0.5, 0.6) is 0 Å². The van der Waals surface area contributed by atoms with E-state index in [1.54, 1.807) is 0 Å². The van der Waals surface area contributed by atoms with Crippen LogP contribution in [0.2, 0.25) is 0 Å².